The van der Waals surface area contributed by atoms with Crippen LogP contribution in [0.15, 0.2) is 83.7 Å². The quantitative estimate of drug-likeness (QED) is 0.552. The Morgan fingerprint density at radius 2 is 1.46 bits per heavy atom. The monoisotopic (exact) mass is 389 g/mol. The lowest BCUT2D eigenvalue weighted by molar-refractivity contribution is 0.0938. The minimum absolute atomic E-state index is 0.171. The van der Waals surface area contributed by atoms with Gasteiger partial charge < -0.3 is 5.32 Å². The van der Waals surface area contributed by atoms with Crippen molar-refractivity contribution in [2.45, 2.75) is 6.04 Å². The van der Waals surface area contributed by atoms with Crippen molar-refractivity contribution in [3.8, 4) is 0 Å². The Hall–Kier alpha value is -3.44. The molecule has 0 aliphatic carbocycles. The fraction of sp³-hybridized carbons (Fsp3) is 0.0455. The van der Waals surface area contributed by atoms with Gasteiger partial charge in [0.05, 0.1) is 11.4 Å². The molecule has 28 heavy (non-hydrogen) atoms. The largest absolute Gasteiger partial charge is 0.340 e. The standard InChI is InChI=1S/C22H16ClN3O2/c23-16-12-10-15(11-13-16)19(14-6-2-1-3-7-14)24-22(28)20-17-8-4-5-9-18(17)21(27)26-25-20/h1-13,19H,(H,24,28)(H,26,27). The van der Waals surface area contributed by atoms with Crippen LogP contribution in [0.25, 0.3) is 10.8 Å². The lowest BCUT2D eigenvalue weighted by Gasteiger charge is -2.20. The molecule has 2 N–H and O–H groups in total. The molecule has 1 unspecified atom stereocenters. The molecule has 1 aromatic heterocycles. The maximum atomic E-state index is 13.1. The minimum atomic E-state index is -0.390. The Balaban J connectivity index is 1.75. The SMILES string of the molecule is O=C(NC(c1ccccc1)c1ccc(Cl)cc1)c1n[nH]c(=O)c2ccccc12. The first kappa shape index (κ1) is 17.9. The van der Waals surface area contributed by atoms with Gasteiger partial charge in [-0.05, 0) is 29.3 Å². The van der Waals surface area contributed by atoms with Gasteiger partial charge in [0.2, 0.25) is 0 Å². The Morgan fingerprint density at radius 1 is 0.857 bits per heavy atom. The van der Waals surface area contributed by atoms with Crippen LogP contribution < -0.4 is 10.9 Å². The third-order valence-corrected chi connectivity index (χ3v) is 4.77. The highest BCUT2D eigenvalue weighted by atomic mass is 35.5. The molecule has 0 fully saturated rings. The van der Waals surface area contributed by atoms with Gasteiger partial charge in [0, 0.05) is 10.4 Å². The van der Waals surface area contributed by atoms with Crippen molar-refractivity contribution in [2.75, 3.05) is 0 Å². The van der Waals surface area contributed by atoms with E-state index in [1.54, 1.807) is 36.4 Å². The summed E-state index contributed by atoms with van der Waals surface area (Å²) in [4.78, 5) is 25.1. The lowest BCUT2D eigenvalue weighted by Crippen LogP contribution is -2.31. The Bertz CT molecular complexity index is 1190. The maximum absolute atomic E-state index is 13.1. The van der Waals surface area contributed by atoms with Gasteiger partial charge >= 0.3 is 0 Å². The number of hydrogen-bond donors (Lipinski definition) is 2. The highest BCUT2D eigenvalue weighted by Gasteiger charge is 2.20. The number of aromatic nitrogens is 2. The molecule has 3 aromatic carbocycles. The van der Waals surface area contributed by atoms with Crippen molar-refractivity contribution in [1.82, 2.24) is 15.5 Å². The molecule has 0 spiro atoms. The molecule has 4 aromatic rings. The fourth-order valence-corrected chi connectivity index (χ4v) is 3.27. The number of aromatic amines is 1. The van der Waals surface area contributed by atoms with E-state index in [0.717, 1.165) is 11.1 Å². The number of benzene rings is 3. The zero-order valence-electron chi connectivity index (χ0n) is 14.7. The number of nitrogens with zero attached hydrogens (tertiary/aromatic N) is 1. The summed E-state index contributed by atoms with van der Waals surface area (Å²) in [5.41, 5.74) is 1.65. The van der Waals surface area contributed by atoms with Crippen LogP contribution in [0.2, 0.25) is 5.02 Å². The average molecular weight is 390 g/mol. The van der Waals surface area contributed by atoms with E-state index < -0.39 is 6.04 Å². The molecule has 0 radical (unpaired) electrons. The molecule has 0 saturated heterocycles. The van der Waals surface area contributed by atoms with Gasteiger partial charge in [-0.1, -0.05) is 72.3 Å². The van der Waals surface area contributed by atoms with Crippen molar-refractivity contribution in [1.29, 1.82) is 0 Å². The fourth-order valence-electron chi connectivity index (χ4n) is 3.15. The Labute approximate surface area is 166 Å². The number of halogens is 1. The summed E-state index contributed by atoms with van der Waals surface area (Å²) in [6.07, 6.45) is 0. The van der Waals surface area contributed by atoms with Crippen molar-refractivity contribution >= 4 is 28.3 Å². The van der Waals surface area contributed by atoms with Crippen LogP contribution >= 0.6 is 11.6 Å². The number of carbonyl (C=O) groups is 1. The smallest absolute Gasteiger partial charge is 0.273 e. The highest BCUT2D eigenvalue weighted by molar-refractivity contribution is 6.30. The van der Waals surface area contributed by atoms with Crippen LogP contribution in [0.1, 0.15) is 27.7 Å². The van der Waals surface area contributed by atoms with E-state index in [-0.39, 0.29) is 17.2 Å². The van der Waals surface area contributed by atoms with Gasteiger partial charge in [0.1, 0.15) is 0 Å². The third-order valence-electron chi connectivity index (χ3n) is 4.52. The van der Waals surface area contributed by atoms with Crippen molar-refractivity contribution in [3.63, 3.8) is 0 Å². The van der Waals surface area contributed by atoms with Crippen LogP contribution in [0, 0.1) is 0 Å². The Kier molecular flexibility index (Phi) is 4.91. The second-order valence-electron chi connectivity index (χ2n) is 6.32. The second-order valence-corrected chi connectivity index (χ2v) is 6.75. The molecule has 138 valence electrons. The predicted octanol–water partition coefficient (Wildman–Crippen LogP) is 4.10. The van der Waals surface area contributed by atoms with Gasteiger partial charge in [-0.25, -0.2) is 5.10 Å². The van der Waals surface area contributed by atoms with E-state index in [4.69, 9.17) is 11.6 Å². The molecule has 1 heterocycles. The number of fused-ring (bicyclic) bond motifs is 1. The van der Waals surface area contributed by atoms with E-state index in [0.29, 0.717) is 15.8 Å². The van der Waals surface area contributed by atoms with E-state index >= 15 is 0 Å². The van der Waals surface area contributed by atoms with E-state index in [9.17, 15) is 9.59 Å². The normalized spacial score (nSPS) is 11.9. The van der Waals surface area contributed by atoms with Crippen LogP contribution in [0.5, 0.6) is 0 Å². The van der Waals surface area contributed by atoms with Crippen LogP contribution in [-0.2, 0) is 0 Å². The number of carbonyl (C=O) groups excluding carboxylic acids is 1. The molecule has 0 bridgehead atoms. The zero-order chi connectivity index (χ0) is 19.5. The van der Waals surface area contributed by atoms with Crippen LogP contribution in [0.3, 0.4) is 0 Å². The molecule has 0 aliphatic rings. The second kappa shape index (κ2) is 7.66. The topological polar surface area (TPSA) is 74.8 Å². The number of hydrogen-bond acceptors (Lipinski definition) is 3. The molecule has 0 saturated carbocycles. The summed E-state index contributed by atoms with van der Waals surface area (Å²) in [5.74, 6) is -0.378. The number of H-pyrrole nitrogens is 1. The first-order chi connectivity index (χ1) is 13.6. The van der Waals surface area contributed by atoms with Crippen molar-refractivity contribution < 1.29 is 4.79 Å². The number of amides is 1. The Morgan fingerprint density at radius 3 is 2.18 bits per heavy atom. The summed E-state index contributed by atoms with van der Waals surface area (Å²) >= 11 is 6.01. The van der Waals surface area contributed by atoms with Gasteiger partial charge in [-0.15, -0.1) is 0 Å². The number of nitrogens with one attached hydrogen (secondary N) is 2. The molecular weight excluding hydrogens is 374 g/mol. The zero-order valence-corrected chi connectivity index (χ0v) is 15.5. The molecule has 1 amide bonds. The third kappa shape index (κ3) is 3.52. The summed E-state index contributed by atoms with van der Waals surface area (Å²) in [6, 6.07) is 23.5. The first-order valence-electron chi connectivity index (χ1n) is 8.72. The van der Waals surface area contributed by atoms with E-state index in [1.807, 2.05) is 42.5 Å². The molecule has 4 rings (SSSR count). The number of rotatable bonds is 4. The van der Waals surface area contributed by atoms with Gasteiger partial charge in [-0.2, -0.15) is 5.10 Å². The summed E-state index contributed by atoms with van der Waals surface area (Å²) in [5, 5.41) is 11.0. The lowest BCUT2D eigenvalue weighted by atomic mass is 9.98. The van der Waals surface area contributed by atoms with Gasteiger partial charge in [-0.3, -0.25) is 9.59 Å². The average Bonchev–Trinajstić information content (AvgIpc) is 2.74. The molecule has 0 aliphatic heterocycles. The van der Waals surface area contributed by atoms with Crippen LogP contribution in [0.4, 0.5) is 0 Å². The summed E-state index contributed by atoms with van der Waals surface area (Å²) < 4.78 is 0. The summed E-state index contributed by atoms with van der Waals surface area (Å²) in [6.45, 7) is 0. The highest BCUT2D eigenvalue weighted by Crippen LogP contribution is 2.24. The molecular formula is C22H16ClN3O2. The molecule has 6 heteroatoms. The molecule has 1 atom stereocenters. The van der Waals surface area contributed by atoms with Crippen molar-refractivity contribution in [2.24, 2.45) is 0 Å². The van der Waals surface area contributed by atoms with Crippen molar-refractivity contribution in [3.05, 3.63) is 111 Å². The van der Waals surface area contributed by atoms with Gasteiger partial charge in [0.15, 0.2) is 5.69 Å². The van der Waals surface area contributed by atoms with Gasteiger partial charge in [0.25, 0.3) is 11.5 Å². The predicted molar refractivity (Wildman–Crippen MR) is 110 cm³/mol. The first-order valence-corrected chi connectivity index (χ1v) is 9.10. The maximum Gasteiger partial charge on any atom is 0.273 e. The minimum Gasteiger partial charge on any atom is -0.340 e. The van der Waals surface area contributed by atoms with E-state index in [1.165, 1.54) is 0 Å². The molecule has 5 nitrogen and oxygen atoms in total. The van der Waals surface area contributed by atoms with E-state index in [2.05, 4.69) is 15.5 Å². The van der Waals surface area contributed by atoms with Crippen LogP contribution in [-0.4, -0.2) is 16.1 Å². The summed E-state index contributed by atoms with van der Waals surface area (Å²) in [7, 11) is 0.